The largest absolute Gasteiger partial charge is 0.493 e. The molecule has 8 heteroatoms. The summed E-state index contributed by atoms with van der Waals surface area (Å²) in [6, 6.07) is 8.30. The summed E-state index contributed by atoms with van der Waals surface area (Å²) >= 11 is 0. The van der Waals surface area contributed by atoms with Crippen molar-refractivity contribution < 1.29 is 4.74 Å². The van der Waals surface area contributed by atoms with Crippen LogP contribution in [-0.2, 0) is 19.4 Å². The van der Waals surface area contributed by atoms with Gasteiger partial charge < -0.3 is 19.9 Å². The molecule has 0 aliphatic rings. The highest BCUT2D eigenvalue weighted by Crippen LogP contribution is 2.13. The molecule has 2 rings (SSSR count). The lowest BCUT2D eigenvalue weighted by molar-refractivity contribution is 0.271. The number of halogens is 1. The fraction of sp³-hybridized carbons (Fsp3) is 0.571. The quantitative estimate of drug-likeness (QED) is 0.274. The average Bonchev–Trinajstić information content (AvgIpc) is 3.15. The molecule has 0 saturated heterocycles. The number of nitrogens with one attached hydrogen (secondary N) is 2. The van der Waals surface area contributed by atoms with Gasteiger partial charge in [-0.3, -0.25) is 4.99 Å². The van der Waals surface area contributed by atoms with Gasteiger partial charge in [-0.2, -0.15) is 0 Å². The number of aryl methyl sites for hydroxylation is 1. The summed E-state index contributed by atoms with van der Waals surface area (Å²) in [7, 11) is 0. The van der Waals surface area contributed by atoms with Crippen LogP contribution in [0, 0.1) is 5.92 Å². The van der Waals surface area contributed by atoms with Crippen molar-refractivity contribution in [3.8, 4) is 5.75 Å². The minimum absolute atomic E-state index is 0. The Morgan fingerprint density at radius 3 is 2.59 bits per heavy atom. The molecule has 0 bridgehead atoms. The molecule has 1 aromatic carbocycles. The fourth-order valence-electron chi connectivity index (χ4n) is 2.69. The number of hydrogen-bond acceptors (Lipinski definition) is 4. The average molecular weight is 514 g/mol. The minimum atomic E-state index is 0. The third-order valence-electron chi connectivity index (χ3n) is 4.18. The zero-order valence-corrected chi connectivity index (χ0v) is 20.3. The zero-order valence-electron chi connectivity index (χ0n) is 18.0. The van der Waals surface area contributed by atoms with E-state index in [-0.39, 0.29) is 24.0 Å². The van der Waals surface area contributed by atoms with Gasteiger partial charge in [-0.05, 0) is 37.0 Å². The highest BCUT2D eigenvalue weighted by molar-refractivity contribution is 14.0. The number of aliphatic imine (C=N–C) groups is 1. The third kappa shape index (κ3) is 9.47. The van der Waals surface area contributed by atoms with Crippen LogP contribution in [0.1, 0.15) is 39.1 Å². The predicted octanol–water partition coefficient (Wildman–Crippen LogP) is 3.29. The van der Waals surface area contributed by atoms with Crippen LogP contribution < -0.4 is 15.4 Å². The van der Waals surface area contributed by atoms with Crippen LogP contribution in [0.3, 0.4) is 0 Å². The Kier molecular flexibility index (Phi) is 12.3. The molecule has 0 radical (unpaired) electrons. The standard InChI is InChI=1S/C21H34N6O.HI/c1-5-20-26-25-16-27(20)14-13-24-21(22-6-2)23-12-11-18-7-9-19(10-8-18)28-15-17(3)4;/h7-10,16-17H,5-6,11-15H2,1-4H3,(H2,22,23,24);1H. The number of benzene rings is 1. The third-order valence-corrected chi connectivity index (χ3v) is 4.18. The molecule has 0 spiro atoms. The van der Waals surface area contributed by atoms with Gasteiger partial charge in [0.05, 0.1) is 6.61 Å². The molecule has 0 atom stereocenters. The normalized spacial score (nSPS) is 11.3. The first-order valence-electron chi connectivity index (χ1n) is 10.2. The topological polar surface area (TPSA) is 76.4 Å². The van der Waals surface area contributed by atoms with Gasteiger partial charge in [0.25, 0.3) is 0 Å². The Hall–Kier alpha value is -1.84. The highest BCUT2D eigenvalue weighted by atomic mass is 127. The van der Waals surface area contributed by atoms with Crippen molar-refractivity contribution in [1.29, 1.82) is 0 Å². The molecule has 0 unspecified atom stereocenters. The van der Waals surface area contributed by atoms with Gasteiger partial charge >= 0.3 is 0 Å². The van der Waals surface area contributed by atoms with Crippen molar-refractivity contribution in [2.24, 2.45) is 10.9 Å². The van der Waals surface area contributed by atoms with Gasteiger partial charge in [-0.15, -0.1) is 34.2 Å². The Labute approximate surface area is 191 Å². The van der Waals surface area contributed by atoms with Crippen molar-refractivity contribution in [2.75, 3.05) is 26.2 Å². The maximum Gasteiger partial charge on any atom is 0.191 e. The SMILES string of the molecule is CCNC(=NCCc1ccc(OCC(C)C)cc1)NCCn1cnnc1CC.I. The number of rotatable bonds is 11. The summed E-state index contributed by atoms with van der Waals surface area (Å²) in [6.07, 6.45) is 3.56. The lowest BCUT2D eigenvalue weighted by Gasteiger charge is -2.12. The van der Waals surface area contributed by atoms with Crippen molar-refractivity contribution in [1.82, 2.24) is 25.4 Å². The molecule has 1 aromatic heterocycles. The number of nitrogens with zero attached hydrogens (tertiary/aromatic N) is 4. The van der Waals surface area contributed by atoms with Crippen molar-refractivity contribution in [3.63, 3.8) is 0 Å². The van der Waals surface area contributed by atoms with E-state index in [1.165, 1.54) is 5.56 Å². The highest BCUT2D eigenvalue weighted by Gasteiger charge is 2.03. The summed E-state index contributed by atoms with van der Waals surface area (Å²) in [5.74, 6) is 3.30. The van der Waals surface area contributed by atoms with Crippen molar-refractivity contribution in [2.45, 2.75) is 47.1 Å². The molecular formula is C21H35IN6O. The van der Waals surface area contributed by atoms with Gasteiger partial charge in [-0.25, -0.2) is 0 Å². The van der Waals surface area contributed by atoms with Gasteiger partial charge in [0.1, 0.15) is 17.9 Å². The van der Waals surface area contributed by atoms with Crippen LogP contribution in [0.15, 0.2) is 35.6 Å². The molecule has 0 amide bonds. The Balaban J connectivity index is 0.00000420. The number of ether oxygens (including phenoxy) is 1. The summed E-state index contributed by atoms with van der Waals surface area (Å²) in [4.78, 5) is 4.67. The minimum Gasteiger partial charge on any atom is -0.493 e. The zero-order chi connectivity index (χ0) is 20.2. The summed E-state index contributed by atoms with van der Waals surface area (Å²) in [6.45, 7) is 12.4. The van der Waals surface area contributed by atoms with E-state index >= 15 is 0 Å². The van der Waals surface area contributed by atoms with E-state index in [9.17, 15) is 0 Å². The van der Waals surface area contributed by atoms with E-state index in [4.69, 9.17) is 4.74 Å². The van der Waals surface area contributed by atoms with Gasteiger partial charge in [-0.1, -0.05) is 32.9 Å². The summed E-state index contributed by atoms with van der Waals surface area (Å²) < 4.78 is 7.80. The molecule has 0 aliphatic carbocycles. The summed E-state index contributed by atoms with van der Waals surface area (Å²) in [5.41, 5.74) is 1.26. The van der Waals surface area contributed by atoms with E-state index in [0.29, 0.717) is 5.92 Å². The smallest absolute Gasteiger partial charge is 0.191 e. The van der Waals surface area contributed by atoms with E-state index in [2.05, 4.69) is 70.2 Å². The molecule has 2 aromatic rings. The van der Waals surface area contributed by atoms with Crippen LogP contribution in [0.4, 0.5) is 0 Å². The first kappa shape index (κ1) is 25.2. The maximum absolute atomic E-state index is 5.73. The second-order valence-corrected chi connectivity index (χ2v) is 7.08. The molecule has 0 aliphatic heterocycles. The number of aromatic nitrogens is 3. The molecule has 7 nitrogen and oxygen atoms in total. The molecule has 1 heterocycles. The van der Waals surface area contributed by atoms with Gasteiger partial charge in [0.15, 0.2) is 5.96 Å². The molecule has 162 valence electrons. The number of hydrogen-bond donors (Lipinski definition) is 2. The van der Waals surface area contributed by atoms with E-state index < -0.39 is 0 Å². The van der Waals surface area contributed by atoms with E-state index in [0.717, 1.165) is 63.2 Å². The first-order chi connectivity index (χ1) is 13.6. The van der Waals surface area contributed by atoms with Crippen molar-refractivity contribution in [3.05, 3.63) is 42.0 Å². The lowest BCUT2D eigenvalue weighted by Crippen LogP contribution is -2.39. The number of guanidine groups is 1. The molecule has 0 saturated carbocycles. The van der Waals surface area contributed by atoms with Crippen LogP contribution in [0.2, 0.25) is 0 Å². The van der Waals surface area contributed by atoms with Crippen LogP contribution in [0.5, 0.6) is 5.75 Å². The fourth-order valence-corrected chi connectivity index (χ4v) is 2.69. The van der Waals surface area contributed by atoms with Crippen molar-refractivity contribution >= 4 is 29.9 Å². The molecule has 2 N–H and O–H groups in total. The molecule has 29 heavy (non-hydrogen) atoms. The van der Waals surface area contributed by atoms with Crippen LogP contribution in [-0.4, -0.2) is 47.0 Å². The molecular weight excluding hydrogens is 479 g/mol. The lowest BCUT2D eigenvalue weighted by atomic mass is 10.1. The van der Waals surface area contributed by atoms with Gasteiger partial charge in [0.2, 0.25) is 0 Å². The van der Waals surface area contributed by atoms with E-state index in [1.54, 1.807) is 6.33 Å². The summed E-state index contributed by atoms with van der Waals surface area (Å²) in [5, 5.41) is 14.7. The van der Waals surface area contributed by atoms with Gasteiger partial charge in [0, 0.05) is 32.6 Å². The predicted molar refractivity (Wildman–Crippen MR) is 129 cm³/mol. The Bertz CT molecular complexity index is 714. The first-order valence-corrected chi connectivity index (χ1v) is 10.2. The van der Waals surface area contributed by atoms with Crippen LogP contribution in [0.25, 0.3) is 0 Å². The van der Waals surface area contributed by atoms with Crippen LogP contribution >= 0.6 is 24.0 Å². The second kappa shape index (κ2) is 14.2. The monoisotopic (exact) mass is 514 g/mol. The van der Waals surface area contributed by atoms with E-state index in [1.807, 2.05) is 12.1 Å². The molecule has 0 fully saturated rings. The Morgan fingerprint density at radius 2 is 1.93 bits per heavy atom. The second-order valence-electron chi connectivity index (χ2n) is 7.08. The maximum atomic E-state index is 5.73. The Morgan fingerprint density at radius 1 is 1.17 bits per heavy atom.